The number of nitro groups is 1. The van der Waals surface area contributed by atoms with Gasteiger partial charge in [0, 0.05) is 24.2 Å². The molecule has 1 atom stereocenters. The summed E-state index contributed by atoms with van der Waals surface area (Å²) < 4.78 is 0. The summed E-state index contributed by atoms with van der Waals surface area (Å²) in [5.41, 5.74) is 1.21. The van der Waals surface area contributed by atoms with E-state index in [4.69, 9.17) is 0 Å². The van der Waals surface area contributed by atoms with Crippen LogP contribution in [-0.4, -0.2) is 9.91 Å². The molecule has 0 saturated heterocycles. The molecule has 1 aromatic heterocycles. The number of benzene rings is 1. The second-order valence-electron chi connectivity index (χ2n) is 4.03. The van der Waals surface area contributed by atoms with Gasteiger partial charge in [-0.3, -0.25) is 15.1 Å². The molecule has 94 valence electrons. The van der Waals surface area contributed by atoms with Gasteiger partial charge < -0.3 is 0 Å². The van der Waals surface area contributed by atoms with E-state index in [-0.39, 0.29) is 12.1 Å². The summed E-state index contributed by atoms with van der Waals surface area (Å²) in [7, 11) is 0. The van der Waals surface area contributed by atoms with Gasteiger partial charge in [-0.25, -0.2) is 0 Å². The highest BCUT2D eigenvalue weighted by atomic mass is 16.6. The zero-order valence-electron chi connectivity index (χ0n) is 10.1. The van der Waals surface area contributed by atoms with Crippen LogP contribution >= 0.6 is 0 Å². The number of para-hydroxylation sites is 1. The minimum atomic E-state index is -0.484. The van der Waals surface area contributed by atoms with Crippen LogP contribution in [-0.2, 0) is 6.42 Å². The van der Waals surface area contributed by atoms with Crippen molar-refractivity contribution in [2.75, 3.05) is 0 Å². The highest BCUT2D eigenvalue weighted by Gasteiger charge is 2.19. The van der Waals surface area contributed by atoms with Crippen LogP contribution in [0.15, 0.2) is 48.7 Å². The van der Waals surface area contributed by atoms with E-state index in [0.29, 0.717) is 11.3 Å². The minimum Gasteiger partial charge on any atom is -0.260 e. The van der Waals surface area contributed by atoms with Crippen molar-refractivity contribution in [3.05, 3.63) is 70.0 Å². The van der Waals surface area contributed by atoms with Crippen molar-refractivity contribution in [3.8, 4) is 6.07 Å². The molecular formula is C14H11N3O2. The summed E-state index contributed by atoms with van der Waals surface area (Å²) >= 11 is 0. The van der Waals surface area contributed by atoms with Crippen LogP contribution in [0.3, 0.4) is 0 Å². The Morgan fingerprint density at radius 1 is 1.26 bits per heavy atom. The Kier molecular flexibility index (Phi) is 3.84. The largest absolute Gasteiger partial charge is 0.272 e. The Balaban J connectivity index is 2.30. The molecule has 0 spiro atoms. The van der Waals surface area contributed by atoms with Crippen molar-refractivity contribution >= 4 is 5.69 Å². The number of nitrogens with zero attached hydrogens (tertiary/aromatic N) is 3. The van der Waals surface area contributed by atoms with Gasteiger partial charge in [-0.2, -0.15) is 5.26 Å². The Labute approximate surface area is 110 Å². The zero-order chi connectivity index (χ0) is 13.7. The molecule has 1 unspecified atom stereocenters. The molecule has 5 nitrogen and oxygen atoms in total. The summed E-state index contributed by atoms with van der Waals surface area (Å²) in [6.45, 7) is 0. The van der Waals surface area contributed by atoms with Gasteiger partial charge in [0.2, 0.25) is 0 Å². The van der Waals surface area contributed by atoms with Gasteiger partial charge in [-0.15, -0.1) is 0 Å². The molecule has 2 aromatic rings. The molecule has 0 fully saturated rings. The fraction of sp³-hybridized carbons (Fsp3) is 0.143. The standard InChI is InChI=1S/C14H11N3O2/c15-10-12(13-6-3-4-8-16-13)9-11-5-1-2-7-14(11)17(18)19/h1-8,12H,9H2. The smallest absolute Gasteiger partial charge is 0.260 e. The fourth-order valence-corrected chi connectivity index (χ4v) is 1.88. The molecule has 0 saturated carbocycles. The maximum Gasteiger partial charge on any atom is 0.272 e. The van der Waals surface area contributed by atoms with Crippen LogP contribution in [0.25, 0.3) is 0 Å². The third-order valence-corrected chi connectivity index (χ3v) is 2.81. The van der Waals surface area contributed by atoms with Crippen molar-refractivity contribution in [1.82, 2.24) is 4.98 Å². The van der Waals surface area contributed by atoms with Crippen LogP contribution in [0.1, 0.15) is 17.2 Å². The zero-order valence-corrected chi connectivity index (χ0v) is 10.1. The lowest BCUT2D eigenvalue weighted by Crippen LogP contribution is -2.04. The average molecular weight is 253 g/mol. The van der Waals surface area contributed by atoms with Gasteiger partial charge >= 0.3 is 0 Å². The topological polar surface area (TPSA) is 79.8 Å². The first-order valence-electron chi connectivity index (χ1n) is 5.75. The SMILES string of the molecule is N#CC(Cc1ccccc1[N+](=O)[O-])c1ccccn1. The predicted octanol–water partition coefficient (Wildman–Crippen LogP) is 2.84. The van der Waals surface area contributed by atoms with E-state index in [1.165, 1.54) is 6.07 Å². The van der Waals surface area contributed by atoms with Crippen LogP contribution in [0.4, 0.5) is 5.69 Å². The van der Waals surface area contributed by atoms with Crippen molar-refractivity contribution < 1.29 is 4.92 Å². The normalized spacial score (nSPS) is 11.5. The second kappa shape index (κ2) is 5.74. The lowest BCUT2D eigenvalue weighted by atomic mass is 9.96. The summed E-state index contributed by atoms with van der Waals surface area (Å²) in [5.74, 6) is -0.484. The number of nitro benzene ring substituents is 1. The van der Waals surface area contributed by atoms with Crippen LogP contribution in [0.2, 0.25) is 0 Å². The Bertz CT molecular complexity index is 620. The predicted molar refractivity (Wildman–Crippen MR) is 69.4 cm³/mol. The number of nitriles is 1. The first-order valence-corrected chi connectivity index (χ1v) is 5.75. The van der Waals surface area contributed by atoms with E-state index < -0.39 is 10.8 Å². The number of hydrogen-bond acceptors (Lipinski definition) is 4. The molecule has 1 aromatic carbocycles. The number of pyridine rings is 1. The molecule has 0 bridgehead atoms. The quantitative estimate of drug-likeness (QED) is 0.619. The molecule has 5 heteroatoms. The summed E-state index contributed by atoms with van der Waals surface area (Å²) in [5, 5.41) is 20.1. The van der Waals surface area contributed by atoms with E-state index >= 15 is 0 Å². The van der Waals surface area contributed by atoms with Crippen LogP contribution in [0.5, 0.6) is 0 Å². The highest BCUT2D eigenvalue weighted by Crippen LogP contribution is 2.24. The average Bonchev–Trinajstić information content (AvgIpc) is 2.46. The monoisotopic (exact) mass is 253 g/mol. The third kappa shape index (κ3) is 2.93. The van der Waals surface area contributed by atoms with Crippen LogP contribution < -0.4 is 0 Å². The van der Waals surface area contributed by atoms with Crippen LogP contribution in [0, 0.1) is 21.4 Å². The first kappa shape index (κ1) is 12.7. The van der Waals surface area contributed by atoms with Gasteiger partial charge in [0.1, 0.15) is 0 Å². The van der Waals surface area contributed by atoms with Crippen molar-refractivity contribution in [3.63, 3.8) is 0 Å². The molecule has 0 aliphatic rings. The Morgan fingerprint density at radius 2 is 2.00 bits per heavy atom. The van der Waals surface area contributed by atoms with Gasteiger partial charge in [-0.1, -0.05) is 24.3 Å². The summed E-state index contributed by atoms with van der Waals surface area (Å²) in [4.78, 5) is 14.6. The molecule has 0 aliphatic carbocycles. The highest BCUT2D eigenvalue weighted by molar-refractivity contribution is 5.41. The van der Waals surface area contributed by atoms with Gasteiger partial charge in [0.25, 0.3) is 5.69 Å². The van der Waals surface area contributed by atoms with E-state index in [2.05, 4.69) is 11.1 Å². The maximum atomic E-state index is 10.9. The van der Waals surface area contributed by atoms with Gasteiger partial charge in [-0.05, 0) is 12.1 Å². The Morgan fingerprint density at radius 3 is 2.63 bits per heavy atom. The molecule has 0 N–H and O–H groups in total. The Hall–Kier alpha value is -2.74. The van der Waals surface area contributed by atoms with Crippen molar-refractivity contribution in [2.24, 2.45) is 0 Å². The molecule has 0 aliphatic heterocycles. The lowest BCUT2D eigenvalue weighted by molar-refractivity contribution is -0.385. The first-order chi connectivity index (χ1) is 9.22. The molecule has 2 rings (SSSR count). The molecule has 19 heavy (non-hydrogen) atoms. The summed E-state index contributed by atoms with van der Waals surface area (Å²) in [6.07, 6.45) is 1.89. The minimum absolute atomic E-state index is 0.0404. The van der Waals surface area contributed by atoms with Crippen molar-refractivity contribution in [1.29, 1.82) is 5.26 Å². The number of aromatic nitrogens is 1. The fourth-order valence-electron chi connectivity index (χ4n) is 1.88. The molecule has 1 heterocycles. The van der Waals surface area contributed by atoms with E-state index in [1.807, 2.05) is 0 Å². The molecule has 0 radical (unpaired) electrons. The van der Waals surface area contributed by atoms with Gasteiger partial charge in [0.05, 0.1) is 22.6 Å². The maximum absolute atomic E-state index is 10.9. The molecule has 0 amide bonds. The number of hydrogen-bond donors (Lipinski definition) is 0. The second-order valence-corrected chi connectivity index (χ2v) is 4.03. The third-order valence-electron chi connectivity index (χ3n) is 2.81. The van der Waals surface area contributed by atoms with E-state index in [1.54, 1.807) is 42.6 Å². The van der Waals surface area contributed by atoms with E-state index in [9.17, 15) is 15.4 Å². The van der Waals surface area contributed by atoms with Gasteiger partial charge in [0.15, 0.2) is 0 Å². The van der Waals surface area contributed by atoms with Crippen molar-refractivity contribution in [2.45, 2.75) is 12.3 Å². The molecular weight excluding hydrogens is 242 g/mol. The lowest BCUT2D eigenvalue weighted by Gasteiger charge is -2.08. The summed E-state index contributed by atoms with van der Waals surface area (Å²) in [6, 6.07) is 13.9. The van der Waals surface area contributed by atoms with E-state index in [0.717, 1.165) is 0 Å². The number of rotatable bonds is 4.